The highest BCUT2D eigenvalue weighted by atomic mass is 16.1. The predicted molar refractivity (Wildman–Crippen MR) is 87.0 cm³/mol. The summed E-state index contributed by atoms with van der Waals surface area (Å²) < 4.78 is 0. The van der Waals surface area contributed by atoms with E-state index in [0.29, 0.717) is 17.7 Å². The number of aryl methyl sites for hydroxylation is 1. The van der Waals surface area contributed by atoms with Crippen molar-refractivity contribution in [3.8, 4) is 0 Å². The number of nitrogens with one attached hydrogen (secondary N) is 2. The molecule has 2 N–H and O–H groups in total. The number of amides is 1. The molecule has 0 spiro atoms. The summed E-state index contributed by atoms with van der Waals surface area (Å²) in [5.41, 5.74) is 2.25. The molecule has 0 saturated heterocycles. The molecule has 5 nitrogen and oxygen atoms in total. The van der Waals surface area contributed by atoms with Gasteiger partial charge < -0.3 is 10.6 Å². The van der Waals surface area contributed by atoms with Gasteiger partial charge in [-0.2, -0.15) is 0 Å². The maximum absolute atomic E-state index is 12.3. The minimum absolute atomic E-state index is 0.220. The average molecular weight is 296 g/mol. The van der Waals surface area contributed by atoms with Gasteiger partial charge in [0.05, 0.1) is 0 Å². The van der Waals surface area contributed by atoms with Gasteiger partial charge >= 0.3 is 0 Å². The molecule has 22 heavy (non-hydrogen) atoms. The fourth-order valence-corrected chi connectivity index (χ4v) is 2.73. The van der Waals surface area contributed by atoms with Crippen LogP contribution in [0.5, 0.6) is 0 Å². The predicted octanol–water partition coefficient (Wildman–Crippen LogP) is 3.39. The maximum atomic E-state index is 12.3. The summed E-state index contributed by atoms with van der Waals surface area (Å²) in [4.78, 5) is 20.8. The number of anilines is 2. The van der Waals surface area contributed by atoms with Crippen molar-refractivity contribution in [2.45, 2.75) is 38.6 Å². The number of aromatic nitrogens is 2. The van der Waals surface area contributed by atoms with Crippen molar-refractivity contribution in [3.63, 3.8) is 0 Å². The highest BCUT2D eigenvalue weighted by Crippen LogP contribution is 2.20. The van der Waals surface area contributed by atoms with E-state index in [1.807, 2.05) is 31.2 Å². The largest absolute Gasteiger partial charge is 0.351 e. The Kier molecular flexibility index (Phi) is 4.32. The van der Waals surface area contributed by atoms with E-state index in [9.17, 15) is 4.79 Å². The third-order valence-corrected chi connectivity index (χ3v) is 3.85. The van der Waals surface area contributed by atoms with Crippen LogP contribution in [0.25, 0.3) is 0 Å². The number of carbonyl (C=O) groups is 1. The van der Waals surface area contributed by atoms with E-state index >= 15 is 0 Å². The molecule has 1 saturated carbocycles. The van der Waals surface area contributed by atoms with Crippen LogP contribution in [0, 0.1) is 6.92 Å². The minimum atomic E-state index is -0.220. The van der Waals surface area contributed by atoms with E-state index in [4.69, 9.17) is 0 Å². The number of hydrogen-bond acceptors (Lipinski definition) is 4. The molecular weight excluding hydrogens is 276 g/mol. The summed E-state index contributed by atoms with van der Waals surface area (Å²) in [6.07, 6.45) is 6.39. The van der Waals surface area contributed by atoms with Crippen LogP contribution in [0.3, 0.4) is 0 Å². The van der Waals surface area contributed by atoms with E-state index < -0.39 is 0 Å². The second-order valence-electron chi connectivity index (χ2n) is 5.71. The van der Waals surface area contributed by atoms with E-state index in [-0.39, 0.29) is 5.91 Å². The highest BCUT2D eigenvalue weighted by molar-refractivity contribution is 6.03. The topological polar surface area (TPSA) is 66.9 Å². The van der Waals surface area contributed by atoms with Gasteiger partial charge in [-0.1, -0.05) is 25.0 Å². The van der Waals surface area contributed by atoms with Crippen molar-refractivity contribution in [3.05, 3.63) is 47.8 Å². The lowest BCUT2D eigenvalue weighted by Crippen LogP contribution is -2.19. The summed E-state index contributed by atoms with van der Waals surface area (Å²) in [6, 6.07) is 9.75. The Labute approximate surface area is 130 Å². The molecule has 1 aromatic heterocycles. The van der Waals surface area contributed by atoms with E-state index in [1.54, 1.807) is 12.3 Å². The number of benzene rings is 1. The molecule has 1 fully saturated rings. The molecule has 0 atom stereocenters. The van der Waals surface area contributed by atoms with Crippen molar-refractivity contribution < 1.29 is 4.79 Å². The SMILES string of the molecule is Cc1cccc(NC(=O)c2ccnc(NC3CCCC3)n2)c1. The van der Waals surface area contributed by atoms with E-state index in [1.165, 1.54) is 12.8 Å². The van der Waals surface area contributed by atoms with Gasteiger partial charge in [-0.3, -0.25) is 4.79 Å². The number of carbonyl (C=O) groups excluding carboxylic acids is 1. The van der Waals surface area contributed by atoms with Gasteiger partial charge in [-0.15, -0.1) is 0 Å². The Morgan fingerprint density at radius 1 is 1.23 bits per heavy atom. The van der Waals surface area contributed by atoms with Gasteiger partial charge in [0, 0.05) is 17.9 Å². The third-order valence-electron chi connectivity index (χ3n) is 3.85. The lowest BCUT2D eigenvalue weighted by atomic mass is 10.2. The van der Waals surface area contributed by atoms with Crippen molar-refractivity contribution in [2.24, 2.45) is 0 Å². The van der Waals surface area contributed by atoms with Gasteiger partial charge in [0.1, 0.15) is 5.69 Å². The first-order valence-electron chi connectivity index (χ1n) is 7.68. The second kappa shape index (κ2) is 6.56. The van der Waals surface area contributed by atoms with Crippen molar-refractivity contribution >= 4 is 17.5 Å². The van der Waals surface area contributed by atoms with Gasteiger partial charge in [0.2, 0.25) is 5.95 Å². The molecule has 0 bridgehead atoms. The Balaban J connectivity index is 1.69. The number of nitrogens with zero attached hydrogens (tertiary/aromatic N) is 2. The fraction of sp³-hybridized carbons (Fsp3) is 0.353. The van der Waals surface area contributed by atoms with Crippen LogP contribution in [0.1, 0.15) is 41.7 Å². The number of hydrogen-bond donors (Lipinski definition) is 2. The van der Waals surface area contributed by atoms with Crippen molar-refractivity contribution in [1.29, 1.82) is 0 Å². The Morgan fingerprint density at radius 3 is 2.82 bits per heavy atom. The van der Waals surface area contributed by atoms with E-state index in [2.05, 4.69) is 20.6 Å². The first kappa shape index (κ1) is 14.5. The summed E-state index contributed by atoms with van der Waals surface area (Å²) >= 11 is 0. The normalized spacial score (nSPS) is 14.8. The van der Waals surface area contributed by atoms with E-state index in [0.717, 1.165) is 24.1 Å². The van der Waals surface area contributed by atoms with Crippen LogP contribution in [-0.2, 0) is 0 Å². The third kappa shape index (κ3) is 3.61. The zero-order valence-electron chi connectivity index (χ0n) is 12.7. The zero-order valence-corrected chi connectivity index (χ0v) is 12.7. The second-order valence-corrected chi connectivity index (χ2v) is 5.71. The van der Waals surface area contributed by atoms with Gasteiger partial charge in [0.15, 0.2) is 0 Å². The summed E-state index contributed by atoms with van der Waals surface area (Å²) in [7, 11) is 0. The zero-order chi connectivity index (χ0) is 15.4. The molecule has 0 radical (unpaired) electrons. The molecule has 114 valence electrons. The van der Waals surface area contributed by atoms with Crippen LogP contribution in [-0.4, -0.2) is 21.9 Å². The minimum Gasteiger partial charge on any atom is -0.351 e. The van der Waals surface area contributed by atoms with Crippen LogP contribution < -0.4 is 10.6 Å². The molecular formula is C17H20N4O. The summed E-state index contributed by atoms with van der Waals surface area (Å²) in [6.45, 7) is 1.99. The molecule has 1 aliphatic carbocycles. The first-order valence-corrected chi connectivity index (χ1v) is 7.68. The molecule has 1 aliphatic rings. The quantitative estimate of drug-likeness (QED) is 0.907. The van der Waals surface area contributed by atoms with Gasteiger partial charge in [-0.05, 0) is 43.5 Å². The summed E-state index contributed by atoms with van der Waals surface area (Å²) in [5, 5.41) is 6.17. The smallest absolute Gasteiger partial charge is 0.274 e. The van der Waals surface area contributed by atoms with Gasteiger partial charge in [-0.25, -0.2) is 9.97 Å². The Bertz CT molecular complexity index is 665. The molecule has 3 rings (SSSR count). The van der Waals surface area contributed by atoms with Gasteiger partial charge in [0.25, 0.3) is 5.91 Å². The first-order chi connectivity index (χ1) is 10.7. The van der Waals surface area contributed by atoms with Crippen molar-refractivity contribution in [1.82, 2.24) is 9.97 Å². The molecule has 0 unspecified atom stereocenters. The lowest BCUT2D eigenvalue weighted by Gasteiger charge is -2.12. The van der Waals surface area contributed by atoms with Crippen molar-refractivity contribution in [2.75, 3.05) is 10.6 Å². The molecule has 1 amide bonds. The molecule has 2 aromatic rings. The standard InChI is InChI=1S/C17H20N4O/c1-12-5-4-8-14(11-12)19-16(22)15-9-10-18-17(21-15)20-13-6-2-3-7-13/h4-5,8-11,13H,2-3,6-7H2,1H3,(H,19,22)(H,18,20,21). The van der Waals surface area contributed by atoms with Crippen LogP contribution in [0.15, 0.2) is 36.5 Å². The Morgan fingerprint density at radius 2 is 2.05 bits per heavy atom. The average Bonchev–Trinajstić information content (AvgIpc) is 3.00. The Hall–Kier alpha value is -2.43. The monoisotopic (exact) mass is 296 g/mol. The fourth-order valence-electron chi connectivity index (χ4n) is 2.73. The molecule has 1 aromatic carbocycles. The van der Waals surface area contributed by atoms with Crippen LogP contribution >= 0.6 is 0 Å². The number of rotatable bonds is 4. The molecule has 0 aliphatic heterocycles. The highest BCUT2D eigenvalue weighted by Gasteiger charge is 2.16. The van der Waals surface area contributed by atoms with Crippen LogP contribution in [0.4, 0.5) is 11.6 Å². The van der Waals surface area contributed by atoms with Crippen LogP contribution in [0.2, 0.25) is 0 Å². The summed E-state index contributed by atoms with van der Waals surface area (Å²) in [5.74, 6) is 0.311. The lowest BCUT2D eigenvalue weighted by molar-refractivity contribution is 0.102. The molecule has 1 heterocycles. The maximum Gasteiger partial charge on any atom is 0.274 e. The molecule has 5 heteroatoms.